The fourth-order valence-corrected chi connectivity index (χ4v) is 4.39. The number of nitriles is 1. The first-order valence-electron chi connectivity index (χ1n) is 11.9. The largest absolute Gasteiger partial charge is 0.493 e. The number of hydrogen-bond donors (Lipinski definition) is 0. The normalized spacial score (nSPS) is 17.7. The van der Waals surface area contributed by atoms with E-state index in [0.717, 1.165) is 24.8 Å². The topological polar surface area (TPSA) is 59.3 Å². The van der Waals surface area contributed by atoms with Crippen molar-refractivity contribution in [1.29, 1.82) is 5.26 Å². The lowest BCUT2D eigenvalue weighted by molar-refractivity contribution is 0.0729. The molecule has 3 rings (SSSR count). The van der Waals surface area contributed by atoms with Crippen LogP contribution in [0.2, 0.25) is 0 Å². The molecule has 0 radical (unpaired) electrons. The Kier molecular flexibility index (Phi) is 9.38. The summed E-state index contributed by atoms with van der Waals surface area (Å²) in [5, 5.41) is 8.70. The molecule has 2 aromatic rings. The van der Waals surface area contributed by atoms with Gasteiger partial charge in [-0.05, 0) is 36.8 Å². The Hall–Kier alpha value is -3.01. The molecule has 182 valence electrons. The molecule has 1 fully saturated rings. The van der Waals surface area contributed by atoms with E-state index in [1.165, 1.54) is 63.1 Å². The van der Waals surface area contributed by atoms with E-state index in [0.29, 0.717) is 30.4 Å². The molecule has 0 heterocycles. The van der Waals surface area contributed by atoms with Gasteiger partial charge in [-0.15, -0.1) is 0 Å². The first-order chi connectivity index (χ1) is 16.4. The molecule has 0 spiro atoms. The second kappa shape index (κ2) is 12.5. The quantitative estimate of drug-likeness (QED) is 0.206. The van der Waals surface area contributed by atoms with Crippen LogP contribution in [0, 0.1) is 40.6 Å². The third-order valence-corrected chi connectivity index (χ3v) is 6.42. The Labute approximate surface area is 198 Å². The molecule has 0 unspecified atom stereocenters. The average Bonchev–Trinajstić information content (AvgIpc) is 2.81. The third-order valence-electron chi connectivity index (χ3n) is 6.42. The van der Waals surface area contributed by atoms with Crippen molar-refractivity contribution in [2.45, 2.75) is 64.7 Å². The van der Waals surface area contributed by atoms with Crippen molar-refractivity contribution >= 4 is 5.97 Å². The van der Waals surface area contributed by atoms with Gasteiger partial charge in [-0.3, -0.25) is 0 Å². The van der Waals surface area contributed by atoms with Crippen LogP contribution in [0.1, 0.15) is 80.6 Å². The SMILES string of the molecule is CCCCCCC1CCC(COc2ccc(C(=O)Oc3cc(F)c(C#N)c(F)c3)c(F)c2)CC1. The van der Waals surface area contributed by atoms with E-state index in [1.54, 1.807) is 0 Å². The highest BCUT2D eigenvalue weighted by Gasteiger charge is 2.22. The summed E-state index contributed by atoms with van der Waals surface area (Å²) < 4.78 is 52.5. The van der Waals surface area contributed by atoms with Crippen molar-refractivity contribution in [2.24, 2.45) is 11.8 Å². The maximum Gasteiger partial charge on any atom is 0.346 e. The predicted molar refractivity (Wildman–Crippen MR) is 122 cm³/mol. The van der Waals surface area contributed by atoms with Gasteiger partial charge in [-0.1, -0.05) is 51.9 Å². The van der Waals surface area contributed by atoms with E-state index >= 15 is 0 Å². The monoisotopic (exact) mass is 473 g/mol. The minimum atomic E-state index is -1.17. The van der Waals surface area contributed by atoms with Crippen LogP contribution in [0.15, 0.2) is 30.3 Å². The van der Waals surface area contributed by atoms with Crippen LogP contribution in [0.3, 0.4) is 0 Å². The number of benzene rings is 2. The molecule has 1 aliphatic carbocycles. The molecule has 0 N–H and O–H groups in total. The lowest BCUT2D eigenvalue weighted by Crippen LogP contribution is -2.20. The van der Waals surface area contributed by atoms with E-state index in [-0.39, 0.29) is 5.56 Å². The van der Waals surface area contributed by atoms with Crippen molar-refractivity contribution in [3.63, 3.8) is 0 Å². The summed E-state index contributed by atoms with van der Waals surface area (Å²) in [6, 6.07) is 6.58. The molecule has 7 heteroatoms. The predicted octanol–water partition coefficient (Wildman–Crippen LogP) is 7.35. The first-order valence-corrected chi connectivity index (χ1v) is 11.9. The highest BCUT2D eigenvalue weighted by atomic mass is 19.1. The number of ether oxygens (including phenoxy) is 2. The maximum absolute atomic E-state index is 14.5. The number of rotatable bonds is 10. The lowest BCUT2D eigenvalue weighted by Gasteiger charge is -2.28. The zero-order valence-corrected chi connectivity index (χ0v) is 19.4. The number of halogens is 3. The minimum Gasteiger partial charge on any atom is -0.493 e. The van der Waals surface area contributed by atoms with Crippen molar-refractivity contribution in [2.75, 3.05) is 6.61 Å². The summed E-state index contributed by atoms with van der Waals surface area (Å²) in [5.41, 5.74) is -1.17. The van der Waals surface area contributed by atoms with Gasteiger partial charge in [0.05, 0.1) is 12.2 Å². The van der Waals surface area contributed by atoms with Gasteiger partial charge in [-0.25, -0.2) is 18.0 Å². The Morgan fingerprint density at radius 1 is 0.941 bits per heavy atom. The van der Waals surface area contributed by atoms with E-state index in [4.69, 9.17) is 14.7 Å². The molecule has 0 aromatic heterocycles. The number of hydrogen-bond acceptors (Lipinski definition) is 4. The Morgan fingerprint density at radius 2 is 1.59 bits per heavy atom. The van der Waals surface area contributed by atoms with Gasteiger partial charge in [-0.2, -0.15) is 5.26 Å². The van der Waals surface area contributed by atoms with Crippen LogP contribution in [0.5, 0.6) is 11.5 Å². The van der Waals surface area contributed by atoms with E-state index in [9.17, 15) is 18.0 Å². The number of nitrogens with zero attached hydrogens (tertiary/aromatic N) is 1. The van der Waals surface area contributed by atoms with Crippen LogP contribution in [-0.2, 0) is 0 Å². The fraction of sp³-hybridized carbons (Fsp3) is 0.481. The number of unbranched alkanes of at least 4 members (excludes halogenated alkanes) is 3. The summed E-state index contributed by atoms with van der Waals surface area (Å²) in [7, 11) is 0. The Balaban J connectivity index is 1.49. The molecule has 0 amide bonds. The van der Waals surface area contributed by atoms with Crippen LogP contribution >= 0.6 is 0 Å². The smallest absolute Gasteiger partial charge is 0.346 e. The molecule has 1 aliphatic rings. The van der Waals surface area contributed by atoms with Gasteiger partial charge in [0.25, 0.3) is 0 Å². The summed E-state index contributed by atoms with van der Waals surface area (Å²) in [6.07, 6.45) is 11.1. The molecule has 1 saturated carbocycles. The Bertz CT molecular complexity index is 1000. The third kappa shape index (κ3) is 6.99. The van der Waals surface area contributed by atoms with Gasteiger partial charge in [0.2, 0.25) is 0 Å². The summed E-state index contributed by atoms with van der Waals surface area (Å²) in [4.78, 5) is 12.3. The molecule has 34 heavy (non-hydrogen) atoms. The highest BCUT2D eigenvalue weighted by Crippen LogP contribution is 2.32. The zero-order valence-electron chi connectivity index (χ0n) is 19.4. The Morgan fingerprint density at radius 3 is 2.21 bits per heavy atom. The molecule has 0 atom stereocenters. The van der Waals surface area contributed by atoms with Crippen LogP contribution in [-0.4, -0.2) is 12.6 Å². The summed E-state index contributed by atoms with van der Waals surface area (Å²) in [5.74, 6) is -3.21. The second-order valence-corrected chi connectivity index (χ2v) is 8.95. The molecule has 2 aromatic carbocycles. The number of carbonyl (C=O) groups excluding carboxylic acids is 1. The average molecular weight is 474 g/mol. The van der Waals surface area contributed by atoms with E-state index in [2.05, 4.69) is 6.92 Å². The number of carbonyl (C=O) groups is 1. The molecule has 0 bridgehead atoms. The van der Waals surface area contributed by atoms with Crippen molar-refractivity contribution < 1.29 is 27.4 Å². The van der Waals surface area contributed by atoms with Gasteiger partial charge in [0, 0.05) is 18.2 Å². The fourth-order valence-electron chi connectivity index (χ4n) is 4.39. The molecule has 0 saturated heterocycles. The van der Waals surface area contributed by atoms with Crippen LogP contribution in [0.4, 0.5) is 13.2 Å². The highest BCUT2D eigenvalue weighted by molar-refractivity contribution is 5.91. The summed E-state index contributed by atoms with van der Waals surface area (Å²) in [6.45, 7) is 2.72. The lowest BCUT2D eigenvalue weighted by atomic mass is 9.80. The van der Waals surface area contributed by atoms with Gasteiger partial charge >= 0.3 is 5.97 Å². The van der Waals surface area contributed by atoms with Crippen LogP contribution in [0.25, 0.3) is 0 Å². The summed E-state index contributed by atoms with van der Waals surface area (Å²) >= 11 is 0. The number of esters is 1. The maximum atomic E-state index is 14.5. The van der Waals surface area contributed by atoms with Gasteiger partial charge < -0.3 is 9.47 Å². The molecular weight excluding hydrogens is 443 g/mol. The zero-order chi connectivity index (χ0) is 24.5. The van der Waals surface area contributed by atoms with Gasteiger partial charge in [0.15, 0.2) is 0 Å². The van der Waals surface area contributed by atoms with E-state index in [1.807, 2.05) is 0 Å². The van der Waals surface area contributed by atoms with E-state index < -0.39 is 34.7 Å². The second-order valence-electron chi connectivity index (χ2n) is 8.95. The van der Waals surface area contributed by atoms with Crippen molar-refractivity contribution in [3.8, 4) is 17.6 Å². The molecule has 4 nitrogen and oxygen atoms in total. The minimum absolute atomic E-state index is 0.311. The van der Waals surface area contributed by atoms with Crippen molar-refractivity contribution in [1.82, 2.24) is 0 Å². The first kappa shape index (κ1) is 25.6. The van der Waals surface area contributed by atoms with Crippen molar-refractivity contribution in [3.05, 3.63) is 58.9 Å². The molecule has 0 aliphatic heterocycles. The van der Waals surface area contributed by atoms with Gasteiger partial charge in [0.1, 0.15) is 40.6 Å². The van der Waals surface area contributed by atoms with Crippen LogP contribution < -0.4 is 9.47 Å². The molecular formula is C27H30F3NO3. The standard InChI is InChI=1S/C27H30F3NO3/c1-2-3-4-5-6-18-7-9-19(10-8-18)17-33-20-11-12-22(24(28)13-20)27(32)34-21-14-25(29)23(16-31)26(30)15-21/h11-15,18-19H,2-10,17H2,1H3.